The van der Waals surface area contributed by atoms with Crippen LogP contribution in [0.15, 0.2) is 24.3 Å². The summed E-state index contributed by atoms with van der Waals surface area (Å²) in [5.74, 6) is 0.817. The van der Waals surface area contributed by atoms with Crippen LogP contribution >= 0.6 is 0 Å². The van der Waals surface area contributed by atoms with E-state index in [1.807, 2.05) is 0 Å². The van der Waals surface area contributed by atoms with E-state index < -0.39 is 0 Å². The van der Waals surface area contributed by atoms with E-state index in [-0.39, 0.29) is 0 Å². The summed E-state index contributed by atoms with van der Waals surface area (Å²) in [7, 11) is 0. The van der Waals surface area contributed by atoms with Crippen molar-refractivity contribution in [3.63, 3.8) is 0 Å². The molecule has 24 heavy (non-hydrogen) atoms. The fourth-order valence-corrected chi connectivity index (χ4v) is 5.03. The average molecular weight is 328 g/mol. The minimum atomic E-state index is 0.558. The molecule has 3 fully saturated rings. The summed E-state index contributed by atoms with van der Waals surface area (Å²) in [6.45, 7) is 5.80. The SMILES string of the molecule is c1cc(C2CNCCN2C2CCNCC2)ccc1C1CCCCC1. The van der Waals surface area contributed by atoms with Gasteiger partial charge in [0.15, 0.2) is 0 Å². The molecule has 3 aliphatic rings. The van der Waals surface area contributed by atoms with E-state index in [1.54, 1.807) is 5.56 Å². The summed E-state index contributed by atoms with van der Waals surface area (Å²) in [6, 6.07) is 11.0. The van der Waals surface area contributed by atoms with Crippen molar-refractivity contribution in [2.24, 2.45) is 0 Å². The van der Waals surface area contributed by atoms with Gasteiger partial charge in [0.25, 0.3) is 0 Å². The molecule has 0 aromatic heterocycles. The van der Waals surface area contributed by atoms with Crippen LogP contribution in [0.25, 0.3) is 0 Å². The third-order valence-corrected chi connectivity index (χ3v) is 6.46. The highest BCUT2D eigenvalue weighted by atomic mass is 15.2. The molecule has 3 nitrogen and oxygen atoms in total. The lowest BCUT2D eigenvalue weighted by molar-refractivity contribution is 0.0859. The quantitative estimate of drug-likeness (QED) is 0.890. The highest BCUT2D eigenvalue weighted by Crippen LogP contribution is 2.34. The standard InChI is InChI=1S/C21H33N3/c1-2-4-17(5-3-1)18-6-8-19(9-7-18)21-16-23-14-15-24(21)20-10-12-22-13-11-20/h6-9,17,20-23H,1-5,10-16H2. The van der Waals surface area contributed by atoms with Gasteiger partial charge in [0.2, 0.25) is 0 Å². The van der Waals surface area contributed by atoms with Gasteiger partial charge in [-0.05, 0) is 55.8 Å². The number of rotatable bonds is 3. The number of hydrogen-bond donors (Lipinski definition) is 2. The van der Waals surface area contributed by atoms with Crippen molar-refractivity contribution in [2.75, 3.05) is 32.7 Å². The van der Waals surface area contributed by atoms with Crippen molar-refractivity contribution in [1.82, 2.24) is 15.5 Å². The summed E-state index contributed by atoms with van der Waals surface area (Å²) in [5.41, 5.74) is 3.09. The van der Waals surface area contributed by atoms with Crippen molar-refractivity contribution < 1.29 is 0 Å². The molecule has 0 spiro atoms. The molecule has 0 radical (unpaired) electrons. The van der Waals surface area contributed by atoms with E-state index in [9.17, 15) is 0 Å². The van der Waals surface area contributed by atoms with Crippen molar-refractivity contribution >= 4 is 0 Å². The van der Waals surface area contributed by atoms with Gasteiger partial charge in [-0.25, -0.2) is 0 Å². The molecule has 1 saturated carbocycles. The van der Waals surface area contributed by atoms with E-state index in [0.717, 1.165) is 25.0 Å². The Hall–Kier alpha value is -0.900. The lowest BCUT2D eigenvalue weighted by atomic mass is 9.83. The molecule has 2 aliphatic heterocycles. The van der Waals surface area contributed by atoms with Gasteiger partial charge in [-0.2, -0.15) is 0 Å². The number of nitrogens with one attached hydrogen (secondary N) is 2. The predicted octanol–water partition coefficient (Wildman–Crippen LogP) is 3.43. The Kier molecular flexibility index (Phi) is 5.51. The second-order valence-corrected chi connectivity index (χ2v) is 7.94. The zero-order valence-electron chi connectivity index (χ0n) is 15.0. The van der Waals surface area contributed by atoms with E-state index in [0.29, 0.717) is 6.04 Å². The van der Waals surface area contributed by atoms with Crippen LogP contribution in [0, 0.1) is 0 Å². The predicted molar refractivity (Wildman–Crippen MR) is 100 cm³/mol. The highest BCUT2D eigenvalue weighted by Gasteiger charge is 2.30. The van der Waals surface area contributed by atoms with Crippen molar-refractivity contribution in [3.05, 3.63) is 35.4 Å². The maximum atomic E-state index is 3.62. The van der Waals surface area contributed by atoms with Crippen LogP contribution in [0.2, 0.25) is 0 Å². The fraction of sp³-hybridized carbons (Fsp3) is 0.714. The van der Waals surface area contributed by atoms with Crippen LogP contribution in [0.1, 0.15) is 68.0 Å². The number of benzene rings is 1. The Morgan fingerprint density at radius 3 is 2.21 bits per heavy atom. The Morgan fingerprint density at radius 2 is 1.46 bits per heavy atom. The van der Waals surface area contributed by atoms with Gasteiger partial charge in [-0.15, -0.1) is 0 Å². The summed E-state index contributed by atoms with van der Waals surface area (Å²) >= 11 is 0. The lowest BCUT2D eigenvalue weighted by Crippen LogP contribution is -2.53. The molecule has 132 valence electrons. The number of nitrogens with zero attached hydrogens (tertiary/aromatic N) is 1. The Bertz CT molecular complexity index is 500. The lowest BCUT2D eigenvalue weighted by Gasteiger charge is -2.43. The molecule has 1 aromatic rings. The minimum absolute atomic E-state index is 0.558. The van der Waals surface area contributed by atoms with Crippen LogP contribution in [-0.2, 0) is 0 Å². The molecule has 4 rings (SSSR count). The summed E-state index contributed by atoms with van der Waals surface area (Å²) < 4.78 is 0. The van der Waals surface area contributed by atoms with Crippen LogP contribution in [0.3, 0.4) is 0 Å². The van der Waals surface area contributed by atoms with Gasteiger partial charge in [-0.1, -0.05) is 43.5 Å². The minimum Gasteiger partial charge on any atom is -0.317 e. The summed E-state index contributed by atoms with van der Waals surface area (Å²) in [5, 5.41) is 7.13. The third kappa shape index (κ3) is 3.68. The highest BCUT2D eigenvalue weighted by molar-refractivity contribution is 5.28. The summed E-state index contributed by atoms with van der Waals surface area (Å²) in [4.78, 5) is 2.78. The second kappa shape index (κ2) is 7.99. The first-order chi connectivity index (χ1) is 11.9. The number of piperidine rings is 1. The van der Waals surface area contributed by atoms with Crippen LogP contribution in [-0.4, -0.2) is 43.7 Å². The first-order valence-corrected chi connectivity index (χ1v) is 10.2. The number of hydrogen-bond acceptors (Lipinski definition) is 3. The van der Waals surface area contributed by atoms with E-state index in [2.05, 4.69) is 39.8 Å². The number of piperazine rings is 1. The molecule has 1 atom stereocenters. The Labute approximate surface area is 147 Å². The maximum absolute atomic E-state index is 3.62. The van der Waals surface area contributed by atoms with Crippen LogP contribution < -0.4 is 10.6 Å². The van der Waals surface area contributed by atoms with Crippen molar-refractivity contribution in [2.45, 2.75) is 62.9 Å². The largest absolute Gasteiger partial charge is 0.317 e. The normalized spacial score (nSPS) is 28.1. The van der Waals surface area contributed by atoms with Crippen molar-refractivity contribution in [3.8, 4) is 0 Å². The third-order valence-electron chi connectivity index (χ3n) is 6.46. The zero-order chi connectivity index (χ0) is 16.2. The molecular weight excluding hydrogens is 294 g/mol. The molecule has 2 saturated heterocycles. The van der Waals surface area contributed by atoms with Gasteiger partial charge >= 0.3 is 0 Å². The Morgan fingerprint density at radius 1 is 0.750 bits per heavy atom. The molecule has 1 unspecified atom stereocenters. The molecule has 2 heterocycles. The van der Waals surface area contributed by atoms with E-state index >= 15 is 0 Å². The zero-order valence-corrected chi connectivity index (χ0v) is 15.0. The van der Waals surface area contributed by atoms with Crippen LogP contribution in [0.5, 0.6) is 0 Å². The first kappa shape index (κ1) is 16.6. The van der Waals surface area contributed by atoms with Crippen LogP contribution in [0.4, 0.5) is 0 Å². The smallest absolute Gasteiger partial charge is 0.0476 e. The molecule has 0 bridgehead atoms. The monoisotopic (exact) mass is 327 g/mol. The molecule has 1 aliphatic carbocycles. The molecule has 3 heteroatoms. The van der Waals surface area contributed by atoms with Gasteiger partial charge in [0, 0.05) is 31.7 Å². The molecule has 2 N–H and O–H groups in total. The fourth-order valence-electron chi connectivity index (χ4n) is 5.03. The van der Waals surface area contributed by atoms with Gasteiger partial charge < -0.3 is 10.6 Å². The summed E-state index contributed by atoms with van der Waals surface area (Å²) in [6.07, 6.45) is 9.67. The first-order valence-electron chi connectivity index (χ1n) is 10.2. The van der Waals surface area contributed by atoms with E-state index in [1.165, 1.54) is 70.1 Å². The topological polar surface area (TPSA) is 27.3 Å². The molecular formula is C21H33N3. The second-order valence-electron chi connectivity index (χ2n) is 7.94. The van der Waals surface area contributed by atoms with E-state index in [4.69, 9.17) is 0 Å². The maximum Gasteiger partial charge on any atom is 0.0476 e. The van der Waals surface area contributed by atoms with Crippen molar-refractivity contribution in [1.29, 1.82) is 0 Å². The Balaban J connectivity index is 1.47. The molecule has 1 aromatic carbocycles. The molecule has 0 amide bonds. The van der Waals surface area contributed by atoms with Gasteiger partial charge in [-0.3, -0.25) is 4.90 Å². The average Bonchev–Trinajstić information content (AvgIpc) is 2.69. The van der Waals surface area contributed by atoms with Gasteiger partial charge in [0.05, 0.1) is 0 Å². The van der Waals surface area contributed by atoms with Gasteiger partial charge in [0.1, 0.15) is 0 Å².